The summed E-state index contributed by atoms with van der Waals surface area (Å²) in [7, 11) is 0. The summed E-state index contributed by atoms with van der Waals surface area (Å²) in [4.78, 5) is 38.5. The van der Waals surface area contributed by atoms with Crippen LogP contribution in [0.1, 0.15) is 39.0 Å². The van der Waals surface area contributed by atoms with Crippen molar-refractivity contribution in [3.63, 3.8) is 0 Å². The van der Waals surface area contributed by atoms with Crippen LogP contribution in [0.2, 0.25) is 0 Å². The van der Waals surface area contributed by atoms with E-state index in [0.717, 1.165) is 0 Å². The third-order valence-electron chi connectivity index (χ3n) is 4.55. The molecule has 2 amide bonds. The third kappa shape index (κ3) is 4.41. The van der Waals surface area contributed by atoms with Crippen molar-refractivity contribution in [3.8, 4) is 0 Å². The van der Waals surface area contributed by atoms with Gasteiger partial charge in [-0.15, -0.1) is 0 Å². The van der Waals surface area contributed by atoms with Crippen molar-refractivity contribution >= 4 is 23.6 Å². The number of ether oxygens (including phenoxy) is 1. The molecule has 0 bridgehead atoms. The van der Waals surface area contributed by atoms with Crippen LogP contribution in [0.5, 0.6) is 0 Å². The molecule has 0 aromatic carbocycles. The fourth-order valence-electron chi connectivity index (χ4n) is 3.05. The number of carbonyl (C=O) groups excluding carboxylic acids is 3. The molecule has 1 aliphatic rings. The number of rotatable bonds is 7. The maximum Gasteiger partial charge on any atom is 0.312 e. The van der Waals surface area contributed by atoms with Crippen molar-refractivity contribution in [2.45, 2.75) is 45.9 Å². The first-order chi connectivity index (χ1) is 13.3. The van der Waals surface area contributed by atoms with Crippen LogP contribution in [0.15, 0.2) is 35.1 Å². The van der Waals surface area contributed by atoms with Gasteiger partial charge in [-0.3, -0.25) is 14.4 Å². The van der Waals surface area contributed by atoms with Crippen molar-refractivity contribution in [1.29, 1.82) is 0 Å². The number of hydrogen-bond donors (Lipinski definition) is 1. The maximum atomic E-state index is 12.4. The van der Waals surface area contributed by atoms with E-state index < -0.39 is 23.9 Å². The van der Waals surface area contributed by atoms with Crippen LogP contribution in [0.25, 0.3) is 0 Å². The van der Waals surface area contributed by atoms with E-state index in [1.807, 2.05) is 13.8 Å². The average Bonchev–Trinajstić information content (AvgIpc) is 3.37. The minimum absolute atomic E-state index is 0.0635. The van der Waals surface area contributed by atoms with Gasteiger partial charge in [-0.05, 0) is 32.9 Å². The molecule has 1 saturated heterocycles. The molecule has 0 saturated carbocycles. The molecule has 150 valence electrons. The predicted octanol–water partition coefficient (Wildman–Crippen LogP) is 1.98. The average molecular weight is 388 g/mol. The number of nitrogens with one attached hydrogen (secondary N) is 1. The molecule has 9 heteroatoms. The lowest BCUT2D eigenvalue weighted by Crippen LogP contribution is -2.33. The molecule has 9 nitrogen and oxygen atoms in total. The van der Waals surface area contributed by atoms with E-state index in [4.69, 9.17) is 9.15 Å². The molecule has 3 heterocycles. The number of hydrogen-bond acceptors (Lipinski definition) is 6. The second-order valence-electron chi connectivity index (χ2n) is 7.08. The van der Waals surface area contributed by atoms with Gasteiger partial charge in [0.2, 0.25) is 5.91 Å². The number of aromatic nitrogens is 2. The number of likely N-dealkylation sites (tertiary alicyclic amines) is 1. The molecule has 2 atom stereocenters. The highest BCUT2D eigenvalue weighted by Gasteiger charge is 2.37. The van der Waals surface area contributed by atoms with E-state index in [1.165, 1.54) is 13.2 Å². The van der Waals surface area contributed by atoms with Gasteiger partial charge in [0.1, 0.15) is 11.6 Å². The third-order valence-corrected chi connectivity index (χ3v) is 4.55. The van der Waals surface area contributed by atoms with E-state index >= 15 is 0 Å². The Balaban J connectivity index is 1.53. The SMILES string of the molecule is CC(OC(=O)C1CC(=O)N(Cc2ccco2)C1)C(=O)Nc1ccnn1C(C)C. The Morgan fingerprint density at radius 1 is 1.36 bits per heavy atom. The van der Waals surface area contributed by atoms with Crippen LogP contribution in [0.4, 0.5) is 5.82 Å². The first-order valence-electron chi connectivity index (χ1n) is 9.20. The molecule has 2 aromatic rings. The molecule has 2 aromatic heterocycles. The standard InChI is InChI=1S/C19H24N4O5/c1-12(2)23-16(6-7-20-23)21-18(25)13(3)28-19(26)14-9-17(24)22(10-14)11-15-5-4-8-27-15/h4-8,12-14H,9-11H2,1-3H3,(H,21,25). The highest BCUT2D eigenvalue weighted by molar-refractivity contribution is 5.95. The van der Waals surface area contributed by atoms with Crippen LogP contribution in [-0.2, 0) is 25.7 Å². The van der Waals surface area contributed by atoms with Crippen molar-refractivity contribution in [2.75, 3.05) is 11.9 Å². The summed E-state index contributed by atoms with van der Waals surface area (Å²) in [6.45, 7) is 5.94. The number of nitrogens with zero attached hydrogens (tertiary/aromatic N) is 3. The number of furan rings is 1. The zero-order valence-corrected chi connectivity index (χ0v) is 16.1. The summed E-state index contributed by atoms with van der Waals surface area (Å²) in [5.74, 6) is -0.571. The topological polar surface area (TPSA) is 107 Å². The van der Waals surface area contributed by atoms with Crippen molar-refractivity contribution in [1.82, 2.24) is 14.7 Å². The number of carbonyl (C=O) groups is 3. The normalized spacial score (nSPS) is 17.8. The van der Waals surface area contributed by atoms with Gasteiger partial charge in [-0.25, -0.2) is 4.68 Å². The van der Waals surface area contributed by atoms with Gasteiger partial charge < -0.3 is 19.4 Å². The molecule has 1 fully saturated rings. The first-order valence-corrected chi connectivity index (χ1v) is 9.20. The Morgan fingerprint density at radius 3 is 2.82 bits per heavy atom. The minimum Gasteiger partial charge on any atom is -0.467 e. The maximum absolute atomic E-state index is 12.4. The van der Waals surface area contributed by atoms with Crippen LogP contribution >= 0.6 is 0 Å². The monoisotopic (exact) mass is 388 g/mol. The Morgan fingerprint density at radius 2 is 2.14 bits per heavy atom. The zero-order chi connectivity index (χ0) is 20.3. The summed E-state index contributed by atoms with van der Waals surface area (Å²) < 4.78 is 12.2. The van der Waals surface area contributed by atoms with Crippen LogP contribution < -0.4 is 5.32 Å². The molecule has 0 aliphatic carbocycles. The van der Waals surface area contributed by atoms with E-state index in [9.17, 15) is 14.4 Å². The molecule has 1 N–H and O–H groups in total. The van der Waals surface area contributed by atoms with Gasteiger partial charge in [0.05, 0.1) is 24.9 Å². The summed E-state index contributed by atoms with van der Waals surface area (Å²) in [5.41, 5.74) is 0. The quantitative estimate of drug-likeness (QED) is 0.727. The smallest absolute Gasteiger partial charge is 0.312 e. The van der Waals surface area contributed by atoms with E-state index in [2.05, 4.69) is 10.4 Å². The van der Waals surface area contributed by atoms with Gasteiger partial charge in [0, 0.05) is 25.1 Å². The Bertz CT molecular complexity index is 842. The van der Waals surface area contributed by atoms with E-state index in [1.54, 1.807) is 34.0 Å². The zero-order valence-electron chi connectivity index (χ0n) is 16.1. The van der Waals surface area contributed by atoms with Gasteiger partial charge in [-0.2, -0.15) is 5.10 Å². The second-order valence-corrected chi connectivity index (χ2v) is 7.08. The molecule has 0 spiro atoms. The number of anilines is 1. The van der Waals surface area contributed by atoms with E-state index in [0.29, 0.717) is 18.1 Å². The highest BCUT2D eigenvalue weighted by Crippen LogP contribution is 2.22. The van der Waals surface area contributed by atoms with Crippen LogP contribution in [0, 0.1) is 5.92 Å². The number of esters is 1. The lowest BCUT2D eigenvalue weighted by Gasteiger charge is -2.18. The Hall–Kier alpha value is -3.10. The molecule has 0 radical (unpaired) electrons. The fraction of sp³-hybridized carbons (Fsp3) is 0.474. The summed E-state index contributed by atoms with van der Waals surface area (Å²) >= 11 is 0. The lowest BCUT2D eigenvalue weighted by molar-refractivity contribution is -0.157. The van der Waals surface area contributed by atoms with Gasteiger partial charge in [0.25, 0.3) is 5.91 Å². The first kappa shape index (κ1) is 19.7. The summed E-state index contributed by atoms with van der Waals surface area (Å²) in [6, 6.07) is 5.27. The fourth-order valence-corrected chi connectivity index (χ4v) is 3.05. The Labute approximate surface area is 162 Å². The van der Waals surface area contributed by atoms with Crippen molar-refractivity contribution < 1.29 is 23.5 Å². The second kappa shape index (κ2) is 8.28. The number of amides is 2. The minimum atomic E-state index is -0.989. The molecular weight excluding hydrogens is 364 g/mol. The largest absolute Gasteiger partial charge is 0.467 e. The summed E-state index contributed by atoms with van der Waals surface area (Å²) in [5, 5.41) is 6.85. The molecule has 1 aliphatic heterocycles. The Kier molecular flexibility index (Phi) is 5.81. The predicted molar refractivity (Wildman–Crippen MR) is 99.0 cm³/mol. The highest BCUT2D eigenvalue weighted by atomic mass is 16.5. The molecule has 2 unspecified atom stereocenters. The van der Waals surface area contributed by atoms with E-state index in [-0.39, 0.29) is 24.9 Å². The van der Waals surface area contributed by atoms with Crippen LogP contribution in [0.3, 0.4) is 0 Å². The lowest BCUT2D eigenvalue weighted by atomic mass is 10.1. The molecular formula is C19H24N4O5. The van der Waals surface area contributed by atoms with Gasteiger partial charge in [0.15, 0.2) is 6.10 Å². The molecule has 3 rings (SSSR count). The van der Waals surface area contributed by atoms with Gasteiger partial charge >= 0.3 is 5.97 Å². The summed E-state index contributed by atoms with van der Waals surface area (Å²) in [6.07, 6.45) is 2.20. The van der Waals surface area contributed by atoms with Crippen LogP contribution in [-0.4, -0.2) is 45.1 Å². The van der Waals surface area contributed by atoms with Gasteiger partial charge in [-0.1, -0.05) is 0 Å². The van der Waals surface area contributed by atoms with Crippen molar-refractivity contribution in [3.05, 3.63) is 36.4 Å². The van der Waals surface area contributed by atoms with Crippen molar-refractivity contribution in [2.24, 2.45) is 5.92 Å². The molecule has 28 heavy (non-hydrogen) atoms.